The molecular weight excluding hydrogens is 650 g/mol. The quantitative estimate of drug-likeness (QED) is 0.109. The first-order valence-corrected chi connectivity index (χ1v) is 15.9. The lowest BCUT2D eigenvalue weighted by atomic mass is 10.1. The van der Waals surface area contributed by atoms with Crippen LogP contribution in [-0.4, -0.2) is 109 Å². The fourth-order valence-corrected chi connectivity index (χ4v) is 7.19. The number of ether oxygens (including phenoxy) is 2. The van der Waals surface area contributed by atoms with Gasteiger partial charge in [-0.3, -0.25) is 37.0 Å². The second-order valence-electron chi connectivity index (χ2n) is 10.1. The highest BCUT2D eigenvalue weighted by molar-refractivity contribution is 7.47. The number of nitrogens with one attached hydrogen (secondary N) is 1. The number of aromatic nitrogens is 8. The van der Waals surface area contributed by atoms with Crippen LogP contribution in [0, 0.1) is 0 Å². The summed E-state index contributed by atoms with van der Waals surface area (Å²) >= 11 is 0. The van der Waals surface area contributed by atoms with Crippen LogP contribution in [0.15, 0.2) is 23.8 Å². The molecule has 3 aliphatic heterocycles. The van der Waals surface area contributed by atoms with Gasteiger partial charge in [0.25, 0.3) is 5.56 Å². The van der Waals surface area contributed by atoms with Crippen LogP contribution in [0.2, 0.25) is 0 Å². The Morgan fingerprint density at radius 2 is 1.44 bits per heavy atom. The summed E-state index contributed by atoms with van der Waals surface area (Å²) in [5, 5.41) is 22.1. The van der Waals surface area contributed by atoms with Crippen LogP contribution in [0.4, 0.5) is 11.8 Å². The number of nitrogen functional groups attached to an aromatic ring is 2. The molecule has 2 unspecified atom stereocenters. The van der Waals surface area contributed by atoms with Crippen molar-refractivity contribution in [1.29, 1.82) is 0 Å². The van der Waals surface area contributed by atoms with Crippen molar-refractivity contribution in [2.24, 2.45) is 0 Å². The third kappa shape index (κ3) is 5.31. The van der Waals surface area contributed by atoms with Gasteiger partial charge in [0.15, 0.2) is 35.1 Å². The molecule has 242 valence electrons. The van der Waals surface area contributed by atoms with Gasteiger partial charge in [-0.15, -0.1) is 0 Å². The third-order valence-electron chi connectivity index (χ3n) is 7.32. The number of phosphoric ester groups is 2. The largest absolute Gasteiger partial charge is 0.472 e. The number of aliphatic hydroxyl groups is 2. The Hall–Kier alpha value is -3.44. The van der Waals surface area contributed by atoms with E-state index in [1.54, 1.807) is 0 Å². The van der Waals surface area contributed by atoms with Gasteiger partial charge in [-0.1, -0.05) is 0 Å². The molecule has 2 bridgehead atoms. The van der Waals surface area contributed by atoms with E-state index in [2.05, 4.69) is 29.9 Å². The number of nitrogens with two attached hydrogens (primary N) is 2. The van der Waals surface area contributed by atoms with Crippen LogP contribution in [0.5, 0.6) is 0 Å². The van der Waals surface area contributed by atoms with E-state index in [0.29, 0.717) is 0 Å². The van der Waals surface area contributed by atoms with Crippen molar-refractivity contribution >= 4 is 49.7 Å². The van der Waals surface area contributed by atoms with E-state index in [1.165, 1.54) is 10.9 Å². The summed E-state index contributed by atoms with van der Waals surface area (Å²) < 4.78 is 61.0. The average molecular weight is 674 g/mol. The summed E-state index contributed by atoms with van der Waals surface area (Å²) in [6.07, 6.45) is -9.21. The first-order valence-electron chi connectivity index (χ1n) is 13.0. The zero-order valence-electron chi connectivity index (χ0n) is 22.4. The monoisotopic (exact) mass is 674 g/mol. The first kappa shape index (κ1) is 30.2. The van der Waals surface area contributed by atoms with Crippen LogP contribution >= 0.6 is 15.6 Å². The topological polar surface area (TPSA) is 330 Å². The summed E-state index contributed by atoms with van der Waals surface area (Å²) in [7, 11) is -10.2. The third-order valence-corrected chi connectivity index (χ3v) is 9.29. The Morgan fingerprint density at radius 1 is 0.822 bits per heavy atom. The van der Waals surface area contributed by atoms with E-state index in [-0.39, 0.29) is 34.1 Å². The molecule has 0 saturated carbocycles. The summed E-state index contributed by atoms with van der Waals surface area (Å²) in [5.41, 5.74) is 10.8. The Labute approximate surface area is 248 Å². The van der Waals surface area contributed by atoms with E-state index in [4.69, 9.17) is 39.0 Å². The standard InChI is InChI=1S/C20H24N10O13P2/c21-14-8-15(24-3-23-14)29(4-25-8)18-11(32)12-7(41-18)2-39-45(36,37)43-13-10(31)6(1-38-44(34,35)42-12)40-19(13)30-5-26-9-16(30)27-20(22)28-17(9)33/h3-7,10-13,18-19,31-32H,1-2H2,(H,34,35)(H,36,37)(H2,21,23,24)(H3,22,27,28,33)/t6-,7+,10+,11+,12+,13+,18-,19-/m0/s1. The fourth-order valence-electron chi connectivity index (χ4n) is 5.30. The Bertz CT molecular complexity index is 1940. The molecule has 0 amide bonds. The Balaban J connectivity index is 1.21. The number of aromatic amines is 1. The lowest BCUT2D eigenvalue weighted by Gasteiger charge is -2.25. The van der Waals surface area contributed by atoms with Gasteiger partial charge in [-0.2, -0.15) is 4.98 Å². The maximum absolute atomic E-state index is 13.2. The molecule has 45 heavy (non-hydrogen) atoms. The molecule has 3 fully saturated rings. The number of fused-ring (bicyclic) bond motifs is 5. The molecule has 25 heteroatoms. The molecule has 0 aliphatic carbocycles. The predicted molar refractivity (Wildman–Crippen MR) is 143 cm³/mol. The SMILES string of the molecule is Nc1nc2c(ncn2[C@H]2O[C@H]3COP(=O)(O)O[C@H]4[C@@H](O)[C@@H](n5cnc6c(N)ncnc65)O[C@@H]4COP(=O)(O)O[C@@H]2[C@@H]3O)c(=O)[nH]1. The number of hydrogen-bond donors (Lipinski definition) is 7. The van der Waals surface area contributed by atoms with E-state index < -0.39 is 83.5 Å². The van der Waals surface area contributed by atoms with Gasteiger partial charge >= 0.3 is 15.6 Å². The van der Waals surface area contributed by atoms with E-state index in [9.17, 15) is 33.9 Å². The van der Waals surface area contributed by atoms with Gasteiger partial charge < -0.3 is 40.9 Å². The molecule has 3 aliphatic rings. The Kier molecular flexibility index (Phi) is 7.27. The molecule has 9 N–H and O–H groups in total. The van der Waals surface area contributed by atoms with Crippen LogP contribution in [0.1, 0.15) is 12.5 Å². The minimum absolute atomic E-state index is 0.0343. The molecule has 7 heterocycles. The zero-order chi connectivity index (χ0) is 31.8. The number of H-pyrrole nitrogens is 1. The molecule has 3 saturated heterocycles. The number of phosphoric acid groups is 2. The van der Waals surface area contributed by atoms with Crippen molar-refractivity contribution in [3.05, 3.63) is 29.3 Å². The van der Waals surface area contributed by atoms with Gasteiger partial charge in [0.05, 0.1) is 25.9 Å². The van der Waals surface area contributed by atoms with Gasteiger partial charge in [0.1, 0.15) is 48.5 Å². The van der Waals surface area contributed by atoms with Crippen LogP contribution in [0.3, 0.4) is 0 Å². The minimum atomic E-state index is -5.11. The van der Waals surface area contributed by atoms with Crippen molar-refractivity contribution in [3.8, 4) is 0 Å². The normalized spacial score (nSPS) is 37.7. The maximum atomic E-state index is 13.2. The second-order valence-corrected chi connectivity index (χ2v) is 13.0. The van der Waals surface area contributed by atoms with E-state index in [0.717, 1.165) is 17.2 Å². The lowest BCUT2D eigenvalue weighted by molar-refractivity contribution is -0.0672. The Morgan fingerprint density at radius 3 is 2.18 bits per heavy atom. The van der Waals surface area contributed by atoms with Gasteiger partial charge in [-0.05, 0) is 0 Å². The summed E-state index contributed by atoms with van der Waals surface area (Å²) in [5.74, 6) is -0.250. The second kappa shape index (κ2) is 10.8. The lowest BCUT2D eigenvalue weighted by Crippen LogP contribution is -2.36. The maximum Gasteiger partial charge on any atom is 0.472 e. The van der Waals surface area contributed by atoms with Crippen LogP contribution < -0.4 is 17.0 Å². The smallest absolute Gasteiger partial charge is 0.387 e. The van der Waals surface area contributed by atoms with E-state index >= 15 is 0 Å². The molecule has 4 aromatic rings. The fraction of sp³-hybridized carbons (Fsp3) is 0.500. The van der Waals surface area contributed by atoms with Crippen molar-refractivity contribution < 1.29 is 56.7 Å². The summed E-state index contributed by atoms with van der Waals surface area (Å²) in [6.45, 7) is -1.65. The first-order chi connectivity index (χ1) is 21.3. The van der Waals surface area contributed by atoms with Gasteiger partial charge in [0.2, 0.25) is 5.95 Å². The van der Waals surface area contributed by atoms with Crippen molar-refractivity contribution in [2.45, 2.75) is 49.1 Å². The minimum Gasteiger partial charge on any atom is -0.387 e. The van der Waals surface area contributed by atoms with Crippen LogP contribution in [0.25, 0.3) is 22.3 Å². The summed E-state index contributed by atoms with van der Waals surface area (Å²) in [4.78, 5) is 55.8. The molecule has 10 atom stereocenters. The number of nitrogens with zero attached hydrogens (tertiary/aromatic N) is 7. The molecule has 23 nitrogen and oxygen atoms in total. The highest BCUT2D eigenvalue weighted by Crippen LogP contribution is 2.53. The van der Waals surface area contributed by atoms with Gasteiger partial charge in [0, 0.05) is 0 Å². The predicted octanol–water partition coefficient (Wildman–Crippen LogP) is -2.34. The average Bonchev–Trinajstić information content (AvgIpc) is 3.72. The highest BCUT2D eigenvalue weighted by atomic mass is 31.2. The van der Waals surface area contributed by atoms with E-state index in [1.807, 2.05) is 0 Å². The molecule has 0 aromatic carbocycles. The number of imidazole rings is 2. The van der Waals surface area contributed by atoms with Crippen molar-refractivity contribution in [1.82, 2.24) is 39.0 Å². The zero-order valence-corrected chi connectivity index (χ0v) is 24.2. The van der Waals surface area contributed by atoms with Crippen LogP contribution in [-0.2, 0) is 36.7 Å². The molecule has 7 rings (SSSR count). The van der Waals surface area contributed by atoms with Gasteiger partial charge in [-0.25, -0.2) is 29.1 Å². The van der Waals surface area contributed by atoms with Crippen molar-refractivity contribution in [3.63, 3.8) is 0 Å². The highest BCUT2D eigenvalue weighted by Gasteiger charge is 2.54. The number of aliphatic hydroxyl groups excluding tert-OH is 2. The molecular formula is C20H24N10O13P2. The van der Waals surface area contributed by atoms with Crippen molar-refractivity contribution in [2.75, 3.05) is 24.7 Å². The number of rotatable bonds is 2. The molecule has 0 spiro atoms. The molecule has 0 radical (unpaired) electrons. The number of hydrogen-bond acceptors (Lipinski definition) is 18. The number of anilines is 2. The molecule has 4 aromatic heterocycles. The summed E-state index contributed by atoms with van der Waals surface area (Å²) in [6, 6.07) is 0.